The van der Waals surface area contributed by atoms with Crippen LogP contribution >= 0.6 is 0 Å². The van der Waals surface area contributed by atoms with Gasteiger partial charge in [0.15, 0.2) is 0 Å². The fraction of sp³-hybridized carbons (Fsp3) is 1.00. The molecule has 0 aromatic heterocycles. The number of nitrogens with two attached hydrogens (primary N) is 1. The predicted octanol–water partition coefficient (Wildman–Crippen LogP) is 1.49. The molecule has 0 saturated carbocycles. The molecule has 0 saturated heterocycles. The summed E-state index contributed by atoms with van der Waals surface area (Å²) in [6.45, 7) is 5.68. The van der Waals surface area contributed by atoms with Crippen LogP contribution < -0.4 is 5.73 Å². The summed E-state index contributed by atoms with van der Waals surface area (Å²) in [6, 6.07) is 0. The Hall–Kier alpha value is -0.150. The highest BCUT2D eigenvalue weighted by atomic mass is 19.1. The van der Waals surface area contributed by atoms with Crippen molar-refractivity contribution in [1.29, 1.82) is 0 Å². The lowest BCUT2D eigenvalue weighted by molar-refractivity contribution is -0.0116. The maximum atomic E-state index is 13.4. The summed E-state index contributed by atoms with van der Waals surface area (Å²) in [7, 11) is 0. The summed E-state index contributed by atoms with van der Waals surface area (Å²) < 4.78 is 18.5. The van der Waals surface area contributed by atoms with E-state index in [1.165, 1.54) is 0 Å². The monoisotopic (exact) mass is 163 g/mol. The Bertz CT molecular complexity index is 102. The van der Waals surface area contributed by atoms with E-state index in [-0.39, 0.29) is 19.3 Å². The van der Waals surface area contributed by atoms with Crippen molar-refractivity contribution < 1.29 is 9.13 Å². The third kappa shape index (κ3) is 4.32. The van der Waals surface area contributed by atoms with Crippen molar-refractivity contribution >= 4 is 0 Å². The summed E-state index contributed by atoms with van der Waals surface area (Å²) in [6.07, 6.45) is 0.485. The van der Waals surface area contributed by atoms with Crippen molar-refractivity contribution in [2.75, 3.05) is 13.2 Å². The molecular weight excluding hydrogens is 145 g/mol. The van der Waals surface area contributed by atoms with E-state index in [2.05, 4.69) is 0 Å². The quantitative estimate of drug-likeness (QED) is 0.666. The Morgan fingerprint density at radius 3 is 2.36 bits per heavy atom. The fourth-order valence-electron chi connectivity index (χ4n) is 0.621. The van der Waals surface area contributed by atoms with E-state index < -0.39 is 5.67 Å². The number of rotatable bonds is 5. The lowest BCUT2D eigenvalue weighted by atomic mass is 10.1. The van der Waals surface area contributed by atoms with Crippen LogP contribution in [0.3, 0.4) is 0 Å². The molecule has 0 aliphatic heterocycles. The van der Waals surface area contributed by atoms with E-state index in [1.807, 2.05) is 13.8 Å². The number of halogens is 1. The van der Waals surface area contributed by atoms with E-state index in [0.717, 1.165) is 0 Å². The summed E-state index contributed by atoms with van der Waals surface area (Å²) in [5, 5.41) is 0. The minimum atomic E-state index is -1.33. The molecule has 0 aliphatic rings. The normalized spacial score (nSPS) is 16.9. The Balaban J connectivity index is 3.69. The van der Waals surface area contributed by atoms with Gasteiger partial charge in [0.05, 0.1) is 12.7 Å². The first-order valence-corrected chi connectivity index (χ1v) is 4.04. The van der Waals surface area contributed by atoms with Crippen LogP contribution in [0.15, 0.2) is 0 Å². The second-order valence-corrected chi connectivity index (χ2v) is 3.07. The van der Waals surface area contributed by atoms with Gasteiger partial charge in [-0.3, -0.25) is 0 Å². The molecule has 0 rings (SSSR count). The molecule has 1 unspecified atom stereocenters. The molecule has 0 spiro atoms. The average molecular weight is 163 g/mol. The number of ether oxygens (including phenoxy) is 1. The smallest absolute Gasteiger partial charge is 0.146 e. The molecular formula is C8H18FNO. The minimum absolute atomic E-state index is 0.0379. The Labute approximate surface area is 67.9 Å². The van der Waals surface area contributed by atoms with E-state index in [4.69, 9.17) is 10.5 Å². The van der Waals surface area contributed by atoms with Gasteiger partial charge in [-0.15, -0.1) is 0 Å². The van der Waals surface area contributed by atoms with Gasteiger partial charge in [0.2, 0.25) is 0 Å². The highest BCUT2D eigenvalue weighted by Gasteiger charge is 2.25. The fourth-order valence-corrected chi connectivity index (χ4v) is 0.621. The molecule has 0 aromatic carbocycles. The molecule has 0 aromatic rings. The van der Waals surface area contributed by atoms with Crippen LogP contribution in [0.4, 0.5) is 4.39 Å². The van der Waals surface area contributed by atoms with E-state index >= 15 is 0 Å². The van der Waals surface area contributed by atoms with Crippen LogP contribution in [0.1, 0.15) is 27.2 Å². The molecule has 11 heavy (non-hydrogen) atoms. The summed E-state index contributed by atoms with van der Waals surface area (Å²) in [5.74, 6) is 0. The summed E-state index contributed by atoms with van der Waals surface area (Å²) >= 11 is 0. The van der Waals surface area contributed by atoms with Crippen LogP contribution in [0.25, 0.3) is 0 Å². The SMILES string of the molecule is CCC(F)(CN)COC(C)C. The molecule has 1 atom stereocenters. The van der Waals surface area contributed by atoms with Crippen molar-refractivity contribution in [3.63, 3.8) is 0 Å². The van der Waals surface area contributed by atoms with E-state index in [9.17, 15) is 4.39 Å². The third-order valence-electron chi connectivity index (χ3n) is 1.67. The molecule has 2 N–H and O–H groups in total. The number of hydrogen-bond acceptors (Lipinski definition) is 2. The molecule has 3 heteroatoms. The molecule has 68 valence electrons. The summed E-state index contributed by atoms with van der Waals surface area (Å²) in [4.78, 5) is 0. The van der Waals surface area contributed by atoms with Gasteiger partial charge < -0.3 is 10.5 Å². The topological polar surface area (TPSA) is 35.2 Å². The molecule has 0 aliphatic carbocycles. The molecule has 0 bridgehead atoms. The van der Waals surface area contributed by atoms with Gasteiger partial charge in [-0.05, 0) is 20.3 Å². The molecule has 0 heterocycles. The second-order valence-electron chi connectivity index (χ2n) is 3.07. The lowest BCUT2D eigenvalue weighted by Crippen LogP contribution is -2.38. The molecule has 0 radical (unpaired) electrons. The lowest BCUT2D eigenvalue weighted by Gasteiger charge is -2.22. The van der Waals surface area contributed by atoms with Crippen molar-refractivity contribution in [1.82, 2.24) is 0 Å². The predicted molar refractivity (Wildman–Crippen MR) is 44.3 cm³/mol. The standard InChI is InChI=1S/C8H18FNO/c1-4-8(9,5-10)6-11-7(2)3/h7H,4-6,10H2,1-3H3. The highest BCUT2D eigenvalue weighted by Crippen LogP contribution is 2.15. The Morgan fingerprint density at radius 1 is 1.55 bits per heavy atom. The minimum Gasteiger partial charge on any atom is -0.375 e. The number of hydrogen-bond donors (Lipinski definition) is 1. The van der Waals surface area contributed by atoms with Crippen LogP contribution in [-0.2, 0) is 4.74 Å². The maximum absolute atomic E-state index is 13.4. The molecule has 0 fully saturated rings. The van der Waals surface area contributed by atoms with Crippen LogP contribution in [0.2, 0.25) is 0 Å². The van der Waals surface area contributed by atoms with Crippen LogP contribution in [-0.4, -0.2) is 24.9 Å². The Morgan fingerprint density at radius 2 is 2.09 bits per heavy atom. The first kappa shape index (κ1) is 10.8. The van der Waals surface area contributed by atoms with Gasteiger partial charge in [-0.25, -0.2) is 4.39 Å². The highest BCUT2D eigenvalue weighted by molar-refractivity contribution is 4.77. The first-order chi connectivity index (χ1) is 5.04. The van der Waals surface area contributed by atoms with Gasteiger partial charge in [0, 0.05) is 6.54 Å². The largest absolute Gasteiger partial charge is 0.375 e. The van der Waals surface area contributed by atoms with Gasteiger partial charge in [-0.1, -0.05) is 6.92 Å². The van der Waals surface area contributed by atoms with Gasteiger partial charge >= 0.3 is 0 Å². The molecule has 0 amide bonds. The average Bonchev–Trinajstić information content (AvgIpc) is 2.00. The maximum Gasteiger partial charge on any atom is 0.146 e. The second kappa shape index (κ2) is 4.67. The van der Waals surface area contributed by atoms with Crippen molar-refractivity contribution in [2.45, 2.75) is 39.0 Å². The van der Waals surface area contributed by atoms with Gasteiger partial charge in [0.1, 0.15) is 5.67 Å². The van der Waals surface area contributed by atoms with Crippen molar-refractivity contribution in [3.05, 3.63) is 0 Å². The van der Waals surface area contributed by atoms with E-state index in [0.29, 0.717) is 6.42 Å². The molecule has 2 nitrogen and oxygen atoms in total. The zero-order valence-electron chi connectivity index (χ0n) is 7.56. The van der Waals surface area contributed by atoms with Crippen molar-refractivity contribution in [2.24, 2.45) is 5.73 Å². The summed E-state index contributed by atoms with van der Waals surface area (Å²) in [5.41, 5.74) is 3.92. The van der Waals surface area contributed by atoms with Crippen LogP contribution in [0, 0.1) is 0 Å². The zero-order valence-corrected chi connectivity index (χ0v) is 7.56. The van der Waals surface area contributed by atoms with Gasteiger partial charge in [-0.2, -0.15) is 0 Å². The number of alkyl halides is 1. The third-order valence-corrected chi connectivity index (χ3v) is 1.67. The van der Waals surface area contributed by atoms with Crippen molar-refractivity contribution in [3.8, 4) is 0 Å². The first-order valence-electron chi connectivity index (χ1n) is 4.04. The van der Waals surface area contributed by atoms with E-state index in [1.54, 1.807) is 6.92 Å². The zero-order chi connectivity index (χ0) is 8.91. The van der Waals surface area contributed by atoms with Crippen LogP contribution in [0.5, 0.6) is 0 Å². The Kier molecular flexibility index (Phi) is 4.61. The van der Waals surface area contributed by atoms with Gasteiger partial charge in [0.25, 0.3) is 0 Å².